The summed E-state index contributed by atoms with van der Waals surface area (Å²) in [7, 11) is 0. The predicted molar refractivity (Wildman–Crippen MR) is 127 cm³/mol. The molecule has 0 aliphatic carbocycles. The molecule has 1 atom stereocenters. The van der Waals surface area contributed by atoms with Crippen LogP contribution in [0.5, 0.6) is 0 Å². The lowest BCUT2D eigenvalue weighted by Crippen LogP contribution is -2.34. The minimum absolute atomic E-state index is 0.226. The molecule has 166 valence electrons. The van der Waals surface area contributed by atoms with Crippen LogP contribution in [0.1, 0.15) is 17.3 Å². The molecule has 9 heteroatoms. The lowest BCUT2D eigenvalue weighted by atomic mass is 10.1. The van der Waals surface area contributed by atoms with Crippen molar-refractivity contribution in [3.63, 3.8) is 0 Å². The number of nitrogens with one attached hydrogen (secondary N) is 3. The van der Waals surface area contributed by atoms with Gasteiger partial charge < -0.3 is 20.7 Å². The van der Waals surface area contributed by atoms with Crippen LogP contribution in [0, 0.1) is 6.92 Å². The van der Waals surface area contributed by atoms with Crippen LogP contribution < -0.4 is 16.0 Å². The fourth-order valence-corrected chi connectivity index (χ4v) is 3.55. The first-order valence-electron chi connectivity index (χ1n) is 10.8. The van der Waals surface area contributed by atoms with Crippen LogP contribution in [0.15, 0.2) is 67.0 Å². The number of hydrogen-bond donors (Lipinski definition) is 3. The van der Waals surface area contributed by atoms with Crippen molar-refractivity contribution in [3.05, 3.63) is 78.2 Å². The number of hydrogen-bond acceptors (Lipinski definition) is 9. The van der Waals surface area contributed by atoms with Gasteiger partial charge in [-0.15, -0.1) is 0 Å². The maximum atomic E-state index is 5.54. The lowest BCUT2D eigenvalue weighted by Gasteiger charge is -2.24. The normalized spacial score (nSPS) is 15.7. The number of rotatable bonds is 6. The number of ether oxygens (including phenoxy) is 1. The van der Waals surface area contributed by atoms with Crippen LogP contribution in [0.2, 0.25) is 0 Å². The summed E-state index contributed by atoms with van der Waals surface area (Å²) in [4.78, 5) is 22.3. The van der Waals surface area contributed by atoms with E-state index in [1.807, 2.05) is 37.3 Å². The van der Waals surface area contributed by atoms with Gasteiger partial charge >= 0.3 is 0 Å². The van der Waals surface area contributed by atoms with Gasteiger partial charge in [-0.05, 0) is 48.9 Å². The van der Waals surface area contributed by atoms with Gasteiger partial charge in [-0.3, -0.25) is 0 Å². The second-order valence-corrected chi connectivity index (χ2v) is 7.65. The first-order valence-corrected chi connectivity index (χ1v) is 10.8. The van der Waals surface area contributed by atoms with E-state index in [-0.39, 0.29) is 6.04 Å². The lowest BCUT2D eigenvalue weighted by molar-refractivity contribution is 0.0769. The molecule has 9 nitrogen and oxygen atoms in total. The Morgan fingerprint density at radius 1 is 0.879 bits per heavy atom. The molecule has 1 aromatic carbocycles. The van der Waals surface area contributed by atoms with Crippen molar-refractivity contribution < 1.29 is 4.74 Å². The third-order valence-corrected chi connectivity index (χ3v) is 5.18. The first-order chi connectivity index (χ1) is 16.2. The van der Waals surface area contributed by atoms with Gasteiger partial charge in [0.1, 0.15) is 17.3 Å². The SMILES string of the molecule is Cc1cccc(-c2nccc(Nc3ccnc(Nc4ccc(C5COCCN5)cc4)n3)n2)n1. The Labute approximate surface area is 191 Å². The van der Waals surface area contributed by atoms with Crippen molar-refractivity contribution in [1.82, 2.24) is 30.2 Å². The first kappa shape index (κ1) is 20.9. The summed E-state index contributed by atoms with van der Waals surface area (Å²) in [5.74, 6) is 2.28. The molecule has 1 aliphatic heterocycles. The largest absolute Gasteiger partial charge is 0.378 e. The zero-order chi connectivity index (χ0) is 22.5. The van der Waals surface area contributed by atoms with E-state index < -0.39 is 0 Å². The van der Waals surface area contributed by atoms with Gasteiger partial charge in [0, 0.05) is 30.3 Å². The fraction of sp³-hybridized carbons (Fsp3) is 0.208. The van der Waals surface area contributed by atoms with Crippen molar-refractivity contribution in [2.45, 2.75) is 13.0 Å². The van der Waals surface area contributed by atoms with Crippen molar-refractivity contribution in [1.29, 1.82) is 0 Å². The molecule has 3 N–H and O–H groups in total. The second-order valence-electron chi connectivity index (χ2n) is 7.65. The standard InChI is InChI=1S/C24H24N8O/c1-16-3-2-4-19(28-16)23-26-11-9-21(31-23)30-22-10-12-27-24(32-22)29-18-7-5-17(6-8-18)20-15-33-14-13-25-20/h2-12,20,25H,13-15H2,1H3,(H2,26,27,29,30,31,32). The van der Waals surface area contributed by atoms with Gasteiger partial charge in [0.15, 0.2) is 5.82 Å². The summed E-state index contributed by atoms with van der Waals surface area (Å²) >= 11 is 0. The maximum absolute atomic E-state index is 5.54. The molecular formula is C24H24N8O. The number of nitrogens with zero attached hydrogens (tertiary/aromatic N) is 5. The Morgan fingerprint density at radius 3 is 2.48 bits per heavy atom. The number of aromatic nitrogens is 5. The Kier molecular flexibility index (Phi) is 6.14. The highest BCUT2D eigenvalue weighted by Crippen LogP contribution is 2.21. The quantitative estimate of drug-likeness (QED) is 0.412. The number of pyridine rings is 1. The minimum Gasteiger partial charge on any atom is -0.378 e. The topological polar surface area (TPSA) is 110 Å². The van der Waals surface area contributed by atoms with E-state index >= 15 is 0 Å². The van der Waals surface area contributed by atoms with Crippen molar-refractivity contribution in [2.24, 2.45) is 0 Å². The van der Waals surface area contributed by atoms with E-state index in [1.54, 1.807) is 24.5 Å². The Bertz CT molecular complexity index is 1230. The van der Waals surface area contributed by atoms with Crippen LogP contribution in [0.4, 0.5) is 23.3 Å². The highest BCUT2D eigenvalue weighted by molar-refractivity contribution is 5.59. The molecule has 1 saturated heterocycles. The molecule has 4 heterocycles. The monoisotopic (exact) mass is 440 g/mol. The van der Waals surface area contributed by atoms with Crippen molar-refractivity contribution in [2.75, 3.05) is 30.4 Å². The maximum Gasteiger partial charge on any atom is 0.229 e. The molecule has 33 heavy (non-hydrogen) atoms. The zero-order valence-corrected chi connectivity index (χ0v) is 18.2. The molecule has 4 aromatic rings. The molecule has 0 radical (unpaired) electrons. The van der Waals surface area contributed by atoms with Gasteiger partial charge in [-0.25, -0.2) is 19.9 Å². The van der Waals surface area contributed by atoms with Gasteiger partial charge in [0.2, 0.25) is 5.95 Å². The number of benzene rings is 1. The van der Waals surface area contributed by atoms with E-state index in [1.165, 1.54) is 5.56 Å². The predicted octanol–water partition coefficient (Wildman–Crippen LogP) is 3.79. The van der Waals surface area contributed by atoms with Gasteiger partial charge in [-0.1, -0.05) is 18.2 Å². The molecule has 1 fully saturated rings. The Morgan fingerprint density at radius 2 is 1.70 bits per heavy atom. The molecule has 0 spiro atoms. The van der Waals surface area contributed by atoms with Gasteiger partial charge in [-0.2, -0.15) is 4.98 Å². The smallest absolute Gasteiger partial charge is 0.229 e. The summed E-state index contributed by atoms with van der Waals surface area (Å²) < 4.78 is 5.54. The summed E-state index contributed by atoms with van der Waals surface area (Å²) in [5.41, 5.74) is 3.74. The van der Waals surface area contributed by atoms with E-state index in [9.17, 15) is 0 Å². The minimum atomic E-state index is 0.226. The summed E-state index contributed by atoms with van der Waals surface area (Å²) in [6.07, 6.45) is 3.39. The third-order valence-electron chi connectivity index (χ3n) is 5.18. The highest BCUT2D eigenvalue weighted by atomic mass is 16.5. The Balaban J connectivity index is 1.27. The number of aryl methyl sites for hydroxylation is 1. The highest BCUT2D eigenvalue weighted by Gasteiger charge is 2.14. The molecule has 1 unspecified atom stereocenters. The number of morpholine rings is 1. The average Bonchev–Trinajstić information content (AvgIpc) is 2.85. The molecule has 0 saturated carbocycles. The molecular weight excluding hydrogens is 416 g/mol. The van der Waals surface area contributed by atoms with Crippen LogP contribution >= 0.6 is 0 Å². The number of anilines is 4. The van der Waals surface area contributed by atoms with E-state index in [0.717, 1.165) is 30.2 Å². The van der Waals surface area contributed by atoms with Crippen LogP contribution in [0.25, 0.3) is 11.5 Å². The van der Waals surface area contributed by atoms with E-state index in [2.05, 4.69) is 53.0 Å². The van der Waals surface area contributed by atoms with Crippen molar-refractivity contribution in [3.8, 4) is 11.5 Å². The van der Waals surface area contributed by atoms with E-state index in [4.69, 9.17) is 4.74 Å². The third kappa shape index (κ3) is 5.28. The fourth-order valence-electron chi connectivity index (χ4n) is 3.55. The molecule has 5 rings (SSSR count). The summed E-state index contributed by atoms with van der Waals surface area (Å²) in [5, 5.41) is 9.92. The molecule has 0 bridgehead atoms. The summed E-state index contributed by atoms with van der Waals surface area (Å²) in [6.45, 7) is 4.26. The zero-order valence-electron chi connectivity index (χ0n) is 18.2. The molecule has 1 aliphatic rings. The van der Waals surface area contributed by atoms with Gasteiger partial charge in [0.25, 0.3) is 0 Å². The van der Waals surface area contributed by atoms with Crippen molar-refractivity contribution >= 4 is 23.3 Å². The van der Waals surface area contributed by atoms with E-state index in [0.29, 0.717) is 30.0 Å². The Hall–Kier alpha value is -3.95. The van der Waals surface area contributed by atoms with Crippen LogP contribution in [-0.2, 0) is 4.74 Å². The molecule has 3 aromatic heterocycles. The van der Waals surface area contributed by atoms with Crippen LogP contribution in [-0.4, -0.2) is 44.7 Å². The average molecular weight is 441 g/mol. The second kappa shape index (κ2) is 9.68. The van der Waals surface area contributed by atoms with Crippen LogP contribution in [0.3, 0.4) is 0 Å². The summed E-state index contributed by atoms with van der Waals surface area (Å²) in [6, 6.07) is 17.8. The molecule has 0 amide bonds. The van der Waals surface area contributed by atoms with Gasteiger partial charge in [0.05, 0.1) is 19.3 Å².